The van der Waals surface area contributed by atoms with E-state index in [-0.39, 0.29) is 0 Å². The highest BCUT2D eigenvalue weighted by molar-refractivity contribution is 5.17. The van der Waals surface area contributed by atoms with Crippen LogP contribution in [0.3, 0.4) is 0 Å². The molecule has 0 radical (unpaired) electrons. The van der Waals surface area contributed by atoms with Gasteiger partial charge in [0.1, 0.15) is 0 Å². The van der Waals surface area contributed by atoms with Gasteiger partial charge < -0.3 is 0 Å². The van der Waals surface area contributed by atoms with Gasteiger partial charge in [0, 0.05) is 0 Å². The van der Waals surface area contributed by atoms with Crippen LogP contribution < -0.4 is 0 Å². The minimum absolute atomic E-state index is 0.462. The number of rotatable bonds is 3. The maximum Gasteiger partial charge on any atom is -0.00577 e. The highest BCUT2D eigenvalue weighted by Gasteiger charge is 2.30. The molecule has 0 N–H and O–H groups in total. The summed E-state index contributed by atoms with van der Waals surface area (Å²) < 4.78 is 0. The summed E-state index contributed by atoms with van der Waals surface area (Å²) in [4.78, 5) is 0. The Morgan fingerprint density at radius 3 is 2.50 bits per heavy atom. The molecule has 0 heteroatoms. The van der Waals surface area contributed by atoms with Gasteiger partial charge in [0.2, 0.25) is 0 Å². The molecule has 1 aliphatic carbocycles. The summed E-state index contributed by atoms with van der Waals surface area (Å²) in [5.74, 6) is 0.809. The molecular formula is C12H20. The van der Waals surface area contributed by atoms with E-state index >= 15 is 0 Å². The Bertz CT molecular complexity index is 188. The van der Waals surface area contributed by atoms with Gasteiger partial charge in [-0.3, -0.25) is 0 Å². The predicted molar refractivity (Wildman–Crippen MR) is 55.1 cm³/mol. The zero-order chi connectivity index (χ0) is 9.03. The highest BCUT2D eigenvalue weighted by Crippen LogP contribution is 2.40. The minimum atomic E-state index is 0.462. The molecule has 2 atom stereocenters. The molecule has 0 amide bonds. The van der Waals surface area contributed by atoms with E-state index in [0.717, 1.165) is 5.92 Å². The molecule has 12 heavy (non-hydrogen) atoms. The first-order valence-corrected chi connectivity index (χ1v) is 5.09. The van der Waals surface area contributed by atoms with Crippen LogP contribution in [0.5, 0.6) is 0 Å². The van der Waals surface area contributed by atoms with Crippen LogP contribution in [-0.4, -0.2) is 0 Å². The fraction of sp³-hybridized carbons (Fsp3) is 0.667. The van der Waals surface area contributed by atoms with E-state index in [1.165, 1.54) is 19.3 Å². The first kappa shape index (κ1) is 9.57. The molecule has 0 nitrogen and oxygen atoms in total. The molecule has 68 valence electrons. The Kier molecular flexibility index (Phi) is 3.13. The van der Waals surface area contributed by atoms with Crippen molar-refractivity contribution < 1.29 is 0 Å². The van der Waals surface area contributed by atoms with E-state index in [9.17, 15) is 0 Å². The number of allylic oxidation sites excluding steroid dienone is 4. The maximum atomic E-state index is 2.40. The molecule has 1 rings (SSSR count). The summed E-state index contributed by atoms with van der Waals surface area (Å²) in [5.41, 5.74) is 0.462. The van der Waals surface area contributed by atoms with Gasteiger partial charge in [0.15, 0.2) is 0 Å². The lowest BCUT2D eigenvalue weighted by Crippen LogP contribution is -2.25. The fourth-order valence-electron chi connectivity index (χ4n) is 2.06. The van der Waals surface area contributed by atoms with Gasteiger partial charge >= 0.3 is 0 Å². The van der Waals surface area contributed by atoms with E-state index in [1.54, 1.807) is 0 Å². The van der Waals surface area contributed by atoms with Gasteiger partial charge in [-0.1, -0.05) is 51.5 Å². The molecule has 0 bridgehead atoms. The van der Waals surface area contributed by atoms with Crippen molar-refractivity contribution >= 4 is 0 Å². The van der Waals surface area contributed by atoms with Crippen LogP contribution in [0.4, 0.5) is 0 Å². The Morgan fingerprint density at radius 1 is 1.33 bits per heavy atom. The summed E-state index contributed by atoms with van der Waals surface area (Å²) in [6, 6.07) is 0. The van der Waals surface area contributed by atoms with Gasteiger partial charge in [0.05, 0.1) is 0 Å². The zero-order valence-electron chi connectivity index (χ0n) is 8.51. The summed E-state index contributed by atoms with van der Waals surface area (Å²) >= 11 is 0. The van der Waals surface area contributed by atoms with Crippen molar-refractivity contribution in [2.24, 2.45) is 11.3 Å². The van der Waals surface area contributed by atoms with Gasteiger partial charge in [-0.15, -0.1) is 0 Å². The maximum absolute atomic E-state index is 2.40. The van der Waals surface area contributed by atoms with Crippen molar-refractivity contribution in [1.82, 2.24) is 0 Å². The first-order valence-electron chi connectivity index (χ1n) is 5.09. The predicted octanol–water partition coefficient (Wildman–Crippen LogP) is 3.95. The summed E-state index contributed by atoms with van der Waals surface area (Å²) in [7, 11) is 0. The van der Waals surface area contributed by atoms with Crippen molar-refractivity contribution in [1.29, 1.82) is 0 Å². The Morgan fingerprint density at radius 2 is 2.08 bits per heavy atom. The average Bonchev–Trinajstić information content (AvgIpc) is 2.17. The van der Waals surface area contributed by atoms with Gasteiger partial charge in [-0.2, -0.15) is 0 Å². The van der Waals surface area contributed by atoms with Gasteiger partial charge in [-0.25, -0.2) is 0 Å². The highest BCUT2D eigenvalue weighted by atomic mass is 14.3. The largest absolute Gasteiger partial charge is 0.0837 e. The first-order chi connectivity index (χ1) is 5.75. The Balaban J connectivity index is 2.76. The molecular weight excluding hydrogens is 144 g/mol. The van der Waals surface area contributed by atoms with Crippen LogP contribution in [-0.2, 0) is 0 Å². The standard InChI is InChI=1S/C12H20/c1-4-11(3)12(5-2)9-7-6-8-10-12/h6-9,11H,4-5,10H2,1-3H3. The molecule has 1 aliphatic rings. The summed E-state index contributed by atoms with van der Waals surface area (Å²) in [6.45, 7) is 6.96. The molecule has 0 heterocycles. The normalized spacial score (nSPS) is 30.6. The molecule has 0 saturated heterocycles. The second-order valence-corrected chi connectivity index (χ2v) is 3.89. The van der Waals surface area contributed by atoms with Crippen LogP contribution in [0.15, 0.2) is 24.3 Å². The van der Waals surface area contributed by atoms with Crippen molar-refractivity contribution in [2.75, 3.05) is 0 Å². The molecule has 2 unspecified atom stereocenters. The summed E-state index contributed by atoms with van der Waals surface area (Å²) in [6.07, 6.45) is 12.9. The van der Waals surface area contributed by atoms with Crippen molar-refractivity contribution in [2.45, 2.75) is 40.0 Å². The van der Waals surface area contributed by atoms with E-state index in [2.05, 4.69) is 45.1 Å². The van der Waals surface area contributed by atoms with E-state index in [1.807, 2.05) is 0 Å². The molecule has 0 saturated carbocycles. The Hall–Kier alpha value is -0.520. The van der Waals surface area contributed by atoms with Crippen molar-refractivity contribution in [3.05, 3.63) is 24.3 Å². The number of hydrogen-bond donors (Lipinski definition) is 0. The zero-order valence-corrected chi connectivity index (χ0v) is 8.51. The quantitative estimate of drug-likeness (QED) is 0.592. The van der Waals surface area contributed by atoms with Crippen LogP contribution in [0.2, 0.25) is 0 Å². The summed E-state index contributed by atoms with van der Waals surface area (Å²) in [5, 5.41) is 0. The van der Waals surface area contributed by atoms with Crippen LogP contribution >= 0.6 is 0 Å². The Labute approximate surface area is 76.4 Å². The molecule has 0 fully saturated rings. The van der Waals surface area contributed by atoms with Gasteiger partial charge in [-0.05, 0) is 24.2 Å². The average molecular weight is 164 g/mol. The lowest BCUT2D eigenvalue weighted by Gasteiger charge is -2.36. The van der Waals surface area contributed by atoms with Crippen molar-refractivity contribution in [3.63, 3.8) is 0 Å². The molecule has 0 aromatic rings. The molecule has 0 aliphatic heterocycles. The molecule has 0 spiro atoms. The minimum Gasteiger partial charge on any atom is -0.0837 e. The topological polar surface area (TPSA) is 0 Å². The van der Waals surface area contributed by atoms with Crippen LogP contribution in [0.25, 0.3) is 0 Å². The lowest BCUT2D eigenvalue weighted by molar-refractivity contribution is 0.230. The fourth-order valence-corrected chi connectivity index (χ4v) is 2.06. The molecule has 0 aromatic heterocycles. The van der Waals surface area contributed by atoms with Gasteiger partial charge in [0.25, 0.3) is 0 Å². The molecule has 0 aromatic carbocycles. The van der Waals surface area contributed by atoms with E-state index in [0.29, 0.717) is 5.41 Å². The smallest absolute Gasteiger partial charge is 0.00577 e. The lowest BCUT2D eigenvalue weighted by atomic mass is 9.69. The SMILES string of the molecule is CCC(C)C1(CC)C=CC=CC1. The third kappa shape index (κ3) is 1.63. The van der Waals surface area contributed by atoms with Crippen LogP contribution in [0, 0.1) is 11.3 Å². The number of hydrogen-bond acceptors (Lipinski definition) is 0. The van der Waals surface area contributed by atoms with Crippen LogP contribution in [0.1, 0.15) is 40.0 Å². The van der Waals surface area contributed by atoms with E-state index < -0.39 is 0 Å². The second kappa shape index (κ2) is 3.93. The third-order valence-corrected chi connectivity index (χ3v) is 3.43. The second-order valence-electron chi connectivity index (χ2n) is 3.89. The third-order valence-electron chi connectivity index (χ3n) is 3.43. The monoisotopic (exact) mass is 164 g/mol. The van der Waals surface area contributed by atoms with Crippen molar-refractivity contribution in [3.8, 4) is 0 Å². The van der Waals surface area contributed by atoms with E-state index in [4.69, 9.17) is 0 Å².